The van der Waals surface area contributed by atoms with Crippen LogP contribution in [0.5, 0.6) is 0 Å². The molecule has 102 valence electrons. The predicted molar refractivity (Wildman–Crippen MR) is 79.3 cm³/mol. The fraction of sp³-hybridized carbons (Fsp3) is 0.200. The first kappa shape index (κ1) is 12.5. The maximum absolute atomic E-state index is 11.3. The minimum absolute atomic E-state index is 0.0571. The van der Waals surface area contributed by atoms with Crippen LogP contribution in [0.3, 0.4) is 0 Å². The molecule has 5 heteroatoms. The van der Waals surface area contributed by atoms with Crippen LogP contribution in [0.15, 0.2) is 42.5 Å². The molecule has 1 aliphatic rings. The lowest BCUT2D eigenvalue weighted by Crippen LogP contribution is -2.25. The lowest BCUT2D eigenvalue weighted by Gasteiger charge is -2.31. The van der Waals surface area contributed by atoms with Gasteiger partial charge in [0.25, 0.3) is 5.69 Å². The zero-order chi connectivity index (χ0) is 14.1. The van der Waals surface area contributed by atoms with Gasteiger partial charge in [-0.1, -0.05) is 18.2 Å². The van der Waals surface area contributed by atoms with Gasteiger partial charge in [0, 0.05) is 24.0 Å². The number of benzene rings is 2. The highest BCUT2D eigenvalue weighted by atomic mass is 16.6. The molecule has 2 aromatic rings. The molecule has 0 saturated carbocycles. The first-order valence-electron chi connectivity index (χ1n) is 6.56. The van der Waals surface area contributed by atoms with Gasteiger partial charge in [0.05, 0.1) is 4.92 Å². The average Bonchev–Trinajstić information content (AvgIpc) is 2.46. The lowest BCUT2D eigenvalue weighted by molar-refractivity contribution is -0.384. The second kappa shape index (κ2) is 4.85. The van der Waals surface area contributed by atoms with E-state index in [0.29, 0.717) is 11.4 Å². The quantitative estimate of drug-likeness (QED) is 0.516. The van der Waals surface area contributed by atoms with Gasteiger partial charge in [-0.2, -0.15) is 0 Å². The predicted octanol–water partition coefficient (Wildman–Crippen LogP) is 3.26. The molecule has 5 nitrogen and oxygen atoms in total. The Hall–Kier alpha value is -2.56. The highest BCUT2D eigenvalue weighted by Gasteiger charge is 2.24. The Balaban J connectivity index is 2.13. The normalized spacial score (nSPS) is 13.9. The van der Waals surface area contributed by atoms with E-state index >= 15 is 0 Å². The number of hydrogen-bond donors (Lipinski definition) is 1. The fourth-order valence-corrected chi connectivity index (χ4v) is 2.70. The molecular formula is C15H15N3O2. The molecular weight excluding hydrogens is 254 g/mol. The molecule has 1 aliphatic heterocycles. The summed E-state index contributed by atoms with van der Waals surface area (Å²) in [5.41, 5.74) is 9.01. The van der Waals surface area contributed by atoms with Crippen molar-refractivity contribution in [1.82, 2.24) is 0 Å². The number of para-hydroxylation sites is 1. The molecule has 2 aromatic carbocycles. The average molecular weight is 269 g/mol. The lowest BCUT2D eigenvalue weighted by atomic mass is 10.0. The molecule has 0 saturated heterocycles. The van der Waals surface area contributed by atoms with E-state index in [-0.39, 0.29) is 10.6 Å². The summed E-state index contributed by atoms with van der Waals surface area (Å²) in [7, 11) is 0. The minimum Gasteiger partial charge on any atom is -0.399 e. The van der Waals surface area contributed by atoms with Crippen molar-refractivity contribution in [3.63, 3.8) is 0 Å². The number of nitro benzene ring substituents is 1. The molecule has 0 atom stereocenters. The van der Waals surface area contributed by atoms with E-state index in [4.69, 9.17) is 5.73 Å². The van der Waals surface area contributed by atoms with Gasteiger partial charge >= 0.3 is 0 Å². The summed E-state index contributed by atoms with van der Waals surface area (Å²) in [5.74, 6) is 0. The SMILES string of the molecule is Nc1ccc(N2CCCc3ccccc32)c([N+](=O)[O-])c1. The molecule has 0 fully saturated rings. The van der Waals surface area contributed by atoms with Crippen LogP contribution in [-0.2, 0) is 6.42 Å². The summed E-state index contributed by atoms with van der Waals surface area (Å²) >= 11 is 0. The van der Waals surface area contributed by atoms with Crippen molar-refractivity contribution in [3.8, 4) is 0 Å². The van der Waals surface area contributed by atoms with Crippen LogP contribution in [0.25, 0.3) is 0 Å². The second-order valence-electron chi connectivity index (χ2n) is 4.89. The van der Waals surface area contributed by atoms with Gasteiger partial charge < -0.3 is 10.6 Å². The molecule has 0 unspecified atom stereocenters. The van der Waals surface area contributed by atoms with Gasteiger partial charge in [0.2, 0.25) is 0 Å². The van der Waals surface area contributed by atoms with Crippen molar-refractivity contribution in [2.45, 2.75) is 12.8 Å². The monoisotopic (exact) mass is 269 g/mol. The molecule has 3 rings (SSSR count). The fourth-order valence-electron chi connectivity index (χ4n) is 2.70. The van der Waals surface area contributed by atoms with Gasteiger partial charge in [-0.25, -0.2) is 0 Å². The number of fused-ring (bicyclic) bond motifs is 1. The van der Waals surface area contributed by atoms with E-state index in [0.717, 1.165) is 25.1 Å². The van der Waals surface area contributed by atoms with Gasteiger partial charge in [0.1, 0.15) is 5.69 Å². The van der Waals surface area contributed by atoms with Gasteiger partial charge in [-0.05, 0) is 36.6 Å². The highest BCUT2D eigenvalue weighted by molar-refractivity contribution is 5.76. The number of rotatable bonds is 2. The van der Waals surface area contributed by atoms with Crippen LogP contribution in [0.2, 0.25) is 0 Å². The molecule has 20 heavy (non-hydrogen) atoms. The summed E-state index contributed by atoms with van der Waals surface area (Å²) in [5, 5.41) is 11.3. The topological polar surface area (TPSA) is 72.4 Å². The molecule has 1 heterocycles. The van der Waals surface area contributed by atoms with E-state index in [1.165, 1.54) is 11.6 Å². The van der Waals surface area contributed by atoms with Crippen molar-refractivity contribution in [2.24, 2.45) is 0 Å². The Labute approximate surface area is 116 Å². The zero-order valence-electron chi connectivity index (χ0n) is 11.0. The standard InChI is InChI=1S/C15H15N3O2/c16-12-7-8-14(15(10-12)18(19)20)17-9-3-5-11-4-1-2-6-13(11)17/h1-2,4,6-8,10H,3,5,9,16H2. The third-order valence-corrected chi connectivity index (χ3v) is 3.60. The van der Waals surface area contributed by atoms with Crippen LogP contribution in [-0.4, -0.2) is 11.5 Å². The third-order valence-electron chi connectivity index (χ3n) is 3.60. The number of hydrogen-bond acceptors (Lipinski definition) is 4. The molecule has 0 aromatic heterocycles. The molecule has 0 amide bonds. The van der Waals surface area contributed by atoms with E-state index in [1.54, 1.807) is 12.1 Å². The summed E-state index contributed by atoms with van der Waals surface area (Å²) in [6, 6.07) is 12.9. The second-order valence-corrected chi connectivity index (χ2v) is 4.89. The number of anilines is 3. The number of aryl methyl sites for hydroxylation is 1. The van der Waals surface area contributed by atoms with Crippen molar-refractivity contribution < 1.29 is 4.92 Å². The van der Waals surface area contributed by atoms with Gasteiger partial charge in [-0.15, -0.1) is 0 Å². The van der Waals surface area contributed by atoms with Crippen LogP contribution in [0.1, 0.15) is 12.0 Å². The third kappa shape index (κ3) is 2.07. The van der Waals surface area contributed by atoms with Crippen molar-refractivity contribution in [1.29, 1.82) is 0 Å². The van der Waals surface area contributed by atoms with Crippen LogP contribution >= 0.6 is 0 Å². The number of nitrogens with zero attached hydrogens (tertiary/aromatic N) is 2. The first-order chi connectivity index (χ1) is 9.66. The van der Waals surface area contributed by atoms with Crippen LogP contribution in [0.4, 0.5) is 22.7 Å². The molecule has 2 N–H and O–H groups in total. The van der Waals surface area contributed by atoms with E-state index in [1.807, 2.05) is 23.1 Å². The van der Waals surface area contributed by atoms with Crippen LogP contribution in [0, 0.1) is 10.1 Å². The van der Waals surface area contributed by atoms with Gasteiger partial charge in [0.15, 0.2) is 0 Å². The summed E-state index contributed by atoms with van der Waals surface area (Å²) in [6.07, 6.45) is 1.99. The maximum atomic E-state index is 11.3. The summed E-state index contributed by atoms with van der Waals surface area (Å²) in [6.45, 7) is 0.780. The molecule has 0 aliphatic carbocycles. The maximum Gasteiger partial charge on any atom is 0.294 e. The van der Waals surface area contributed by atoms with Crippen LogP contribution < -0.4 is 10.6 Å². The minimum atomic E-state index is -0.372. The highest BCUT2D eigenvalue weighted by Crippen LogP contribution is 2.38. The Bertz CT molecular complexity index is 670. The summed E-state index contributed by atoms with van der Waals surface area (Å²) in [4.78, 5) is 12.9. The Morgan fingerprint density at radius 2 is 1.95 bits per heavy atom. The molecule has 0 spiro atoms. The Morgan fingerprint density at radius 1 is 1.15 bits per heavy atom. The first-order valence-corrected chi connectivity index (χ1v) is 6.56. The largest absolute Gasteiger partial charge is 0.399 e. The molecule has 0 radical (unpaired) electrons. The zero-order valence-corrected chi connectivity index (χ0v) is 11.0. The number of nitrogen functional groups attached to an aromatic ring is 1. The van der Waals surface area contributed by atoms with E-state index in [2.05, 4.69) is 6.07 Å². The summed E-state index contributed by atoms with van der Waals surface area (Å²) < 4.78 is 0. The molecule has 0 bridgehead atoms. The van der Waals surface area contributed by atoms with Gasteiger partial charge in [-0.3, -0.25) is 10.1 Å². The Kier molecular flexibility index (Phi) is 3.02. The number of nitrogens with two attached hydrogens (primary N) is 1. The van der Waals surface area contributed by atoms with Crippen molar-refractivity contribution >= 4 is 22.7 Å². The van der Waals surface area contributed by atoms with E-state index in [9.17, 15) is 10.1 Å². The number of nitro groups is 1. The van der Waals surface area contributed by atoms with Crippen molar-refractivity contribution in [3.05, 3.63) is 58.1 Å². The Morgan fingerprint density at radius 3 is 2.75 bits per heavy atom. The van der Waals surface area contributed by atoms with E-state index < -0.39 is 0 Å². The van der Waals surface area contributed by atoms with Crippen molar-refractivity contribution in [2.75, 3.05) is 17.2 Å². The smallest absolute Gasteiger partial charge is 0.294 e.